The van der Waals surface area contributed by atoms with Crippen LogP contribution in [0.25, 0.3) is 10.6 Å². The zero-order valence-electron chi connectivity index (χ0n) is 11.9. The van der Waals surface area contributed by atoms with Crippen LogP contribution in [0.3, 0.4) is 0 Å². The standard InChI is InChI=1S/C16H18N2O2S/c1-11-12(15(19)17-10-16(20)7-3-8-16)5-6-13(18-11)14-4-2-9-21-14/h2,4-6,9,20H,3,7-8,10H2,1H3,(H,17,19). The van der Waals surface area contributed by atoms with Crippen LogP contribution in [-0.2, 0) is 0 Å². The molecule has 0 saturated heterocycles. The lowest BCUT2D eigenvalue weighted by Crippen LogP contribution is -2.47. The maximum Gasteiger partial charge on any atom is 0.253 e. The molecule has 1 aliphatic carbocycles. The van der Waals surface area contributed by atoms with E-state index in [1.807, 2.05) is 30.5 Å². The van der Waals surface area contributed by atoms with Gasteiger partial charge < -0.3 is 10.4 Å². The van der Waals surface area contributed by atoms with Crippen LogP contribution in [0.5, 0.6) is 0 Å². The Morgan fingerprint density at radius 1 is 1.43 bits per heavy atom. The molecule has 1 aliphatic rings. The third-order valence-corrected chi connectivity index (χ3v) is 4.86. The summed E-state index contributed by atoms with van der Waals surface area (Å²) in [4.78, 5) is 17.8. The number of hydrogen-bond acceptors (Lipinski definition) is 4. The molecule has 0 aliphatic heterocycles. The number of carbonyl (C=O) groups excluding carboxylic acids is 1. The zero-order valence-corrected chi connectivity index (χ0v) is 12.7. The molecule has 21 heavy (non-hydrogen) atoms. The molecule has 4 nitrogen and oxygen atoms in total. The van der Waals surface area contributed by atoms with Crippen molar-refractivity contribution in [3.8, 4) is 10.6 Å². The van der Waals surface area contributed by atoms with Gasteiger partial charge in [-0.25, -0.2) is 0 Å². The minimum absolute atomic E-state index is 0.168. The fraction of sp³-hybridized carbons (Fsp3) is 0.375. The smallest absolute Gasteiger partial charge is 0.253 e. The predicted molar refractivity (Wildman–Crippen MR) is 83.4 cm³/mol. The molecule has 3 rings (SSSR count). The van der Waals surface area contributed by atoms with E-state index in [9.17, 15) is 9.90 Å². The Morgan fingerprint density at radius 3 is 2.81 bits per heavy atom. The van der Waals surface area contributed by atoms with Gasteiger partial charge in [-0.15, -0.1) is 11.3 Å². The average Bonchev–Trinajstić information content (AvgIpc) is 2.96. The normalized spacial score (nSPS) is 16.3. The molecule has 110 valence electrons. The number of carbonyl (C=O) groups is 1. The van der Waals surface area contributed by atoms with Gasteiger partial charge in [0.2, 0.25) is 0 Å². The topological polar surface area (TPSA) is 62.2 Å². The molecule has 2 N–H and O–H groups in total. The third-order valence-electron chi connectivity index (χ3n) is 3.97. The number of nitrogens with zero attached hydrogens (tertiary/aromatic N) is 1. The summed E-state index contributed by atoms with van der Waals surface area (Å²) in [5.74, 6) is -0.168. The molecule has 0 spiro atoms. The van der Waals surface area contributed by atoms with Crippen LogP contribution >= 0.6 is 11.3 Å². The molecule has 1 saturated carbocycles. The number of pyridine rings is 1. The van der Waals surface area contributed by atoms with E-state index in [0.717, 1.165) is 29.8 Å². The number of amides is 1. The lowest BCUT2D eigenvalue weighted by atomic mass is 9.80. The zero-order chi connectivity index (χ0) is 14.9. The molecule has 2 aromatic rings. The highest BCUT2D eigenvalue weighted by atomic mass is 32.1. The maximum absolute atomic E-state index is 12.2. The van der Waals surface area contributed by atoms with Crippen molar-refractivity contribution < 1.29 is 9.90 Å². The summed E-state index contributed by atoms with van der Waals surface area (Å²) in [5, 5.41) is 14.8. The van der Waals surface area contributed by atoms with Gasteiger partial charge in [0.15, 0.2) is 0 Å². The SMILES string of the molecule is Cc1nc(-c2cccs2)ccc1C(=O)NCC1(O)CCC1. The van der Waals surface area contributed by atoms with Crippen LogP contribution in [-0.4, -0.2) is 28.1 Å². The average molecular weight is 302 g/mol. The minimum Gasteiger partial charge on any atom is -0.388 e. The molecule has 5 heteroatoms. The van der Waals surface area contributed by atoms with Crippen LogP contribution in [0, 0.1) is 6.92 Å². The van der Waals surface area contributed by atoms with Crippen LogP contribution < -0.4 is 5.32 Å². The van der Waals surface area contributed by atoms with Crippen molar-refractivity contribution in [1.82, 2.24) is 10.3 Å². The first-order chi connectivity index (χ1) is 10.1. The Kier molecular flexibility index (Phi) is 3.78. The summed E-state index contributed by atoms with van der Waals surface area (Å²) in [6.45, 7) is 2.15. The number of hydrogen-bond donors (Lipinski definition) is 2. The number of nitrogens with one attached hydrogen (secondary N) is 1. The third kappa shape index (κ3) is 2.99. The van der Waals surface area contributed by atoms with Crippen molar-refractivity contribution in [2.75, 3.05) is 6.54 Å². The molecule has 2 aromatic heterocycles. The molecular formula is C16H18N2O2S. The number of rotatable bonds is 4. The summed E-state index contributed by atoms with van der Waals surface area (Å²) in [7, 11) is 0. The Labute approximate surface area is 127 Å². The quantitative estimate of drug-likeness (QED) is 0.913. The largest absolute Gasteiger partial charge is 0.388 e. The molecule has 1 fully saturated rings. The van der Waals surface area contributed by atoms with E-state index in [0.29, 0.717) is 17.8 Å². The van der Waals surface area contributed by atoms with Gasteiger partial charge in [0.1, 0.15) is 0 Å². The van der Waals surface area contributed by atoms with Crippen LogP contribution in [0.1, 0.15) is 35.3 Å². The fourth-order valence-corrected chi connectivity index (χ4v) is 3.16. The summed E-state index contributed by atoms with van der Waals surface area (Å²) in [6.07, 6.45) is 2.56. The molecule has 0 bridgehead atoms. The van der Waals surface area contributed by atoms with E-state index >= 15 is 0 Å². The van der Waals surface area contributed by atoms with Gasteiger partial charge in [0, 0.05) is 6.54 Å². The van der Waals surface area contributed by atoms with Crippen molar-refractivity contribution >= 4 is 17.2 Å². The molecule has 0 atom stereocenters. The van der Waals surface area contributed by atoms with E-state index in [4.69, 9.17) is 0 Å². The van der Waals surface area contributed by atoms with Crippen LogP contribution in [0.4, 0.5) is 0 Å². The second-order valence-electron chi connectivity index (χ2n) is 5.57. The van der Waals surface area contributed by atoms with Gasteiger partial charge in [-0.2, -0.15) is 0 Å². The van der Waals surface area contributed by atoms with Gasteiger partial charge in [-0.3, -0.25) is 9.78 Å². The number of aromatic nitrogens is 1. The summed E-state index contributed by atoms with van der Waals surface area (Å²) in [5.41, 5.74) is 1.46. The number of thiophene rings is 1. The molecule has 0 unspecified atom stereocenters. The van der Waals surface area contributed by atoms with Gasteiger partial charge >= 0.3 is 0 Å². The van der Waals surface area contributed by atoms with Crippen LogP contribution in [0.2, 0.25) is 0 Å². The van der Waals surface area contributed by atoms with Gasteiger partial charge in [-0.1, -0.05) is 6.07 Å². The number of aryl methyl sites for hydroxylation is 1. The fourth-order valence-electron chi connectivity index (χ4n) is 2.46. The Bertz CT molecular complexity index is 648. The lowest BCUT2D eigenvalue weighted by molar-refractivity contribution is -0.0300. The molecule has 0 radical (unpaired) electrons. The maximum atomic E-state index is 12.2. The van der Waals surface area contributed by atoms with Crippen molar-refractivity contribution in [2.45, 2.75) is 31.8 Å². The summed E-state index contributed by atoms with van der Waals surface area (Å²) in [6, 6.07) is 7.67. The highest BCUT2D eigenvalue weighted by Crippen LogP contribution is 2.30. The number of aliphatic hydroxyl groups is 1. The summed E-state index contributed by atoms with van der Waals surface area (Å²) < 4.78 is 0. The predicted octanol–water partition coefficient (Wildman–Crippen LogP) is 2.76. The van der Waals surface area contributed by atoms with Gasteiger partial charge in [0.25, 0.3) is 5.91 Å². The second kappa shape index (κ2) is 5.58. The Hall–Kier alpha value is -1.72. The van der Waals surface area contributed by atoms with Crippen molar-refractivity contribution in [3.63, 3.8) is 0 Å². The highest BCUT2D eigenvalue weighted by Gasteiger charge is 2.34. The molecule has 0 aromatic carbocycles. The first kappa shape index (κ1) is 14.2. The highest BCUT2D eigenvalue weighted by molar-refractivity contribution is 7.13. The monoisotopic (exact) mass is 302 g/mol. The molecule has 1 amide bonds. The van der Waals surface area contributed by atoms with Crippen molar-refractivity contribution in [1.29, 1.82) is 0 Å². The van der Waals surface area contributed by atoms with Crippen LogP contribution in [0.15, 0.2) is 29.6 Å². The van der Waals surface area contributed by atoms with E-state index in [1.165, 1.54) is 0 Å². The van der Waals surface area contributed by atoms with E-state index in [2.05, 4.69) is 10.3 Å². The molecular weight excluding hydrogens is 284 g/mol. The van der Waals surface area contributed by atoms with E-state index in [-0.39, 0.29) is 5.91 Å². The van der Waals surface area contributed by atoms with Crippen molar-refractivity contribution in [2.24, 2.45) is 0 Å². The second-order valence-corrected chi connectivity index (χ2v) is 6.52. The first-order valence-corrected chi connectivity index (χ1v) is 7.97. The Balaban J connectivity index is 1.71. The van der Waals surface area contributed by atoms with E-state index < -0.39 is 5.60 Å². The molecule has 2 heterocycles. The van der Waals surface area contributed by atoms with Gasteiger partial charge in [0.05, 0.1) is 27.4 Å². The minimum atomic E-state index is -0.700. The van der Waals surface area contributed by atoms with E-state index in [1.54, 1.807) is 17.4 Å². The Morgan fingerprint density at radius 2 is 2.24 bits per heavy atom. The van der Waals surface area contributed by atoms with Crippen molar-refractivity contribution in [3.05, 3.63) is 40.9 Å². The first-order valence-electron chi connectivity index (χ1n) is 7.10. The lowest BCUT2D eigenvalue weighted by Gasteiger charge is -2.36. The van der Waals surface area contributed by atoms with Gasteiger partial charge in [-0.05, 0) is 49.8 Å². The summed E-state index contributed by atoms with van der Waals surface area (Å²) >= 11 is 1.63.